The molecule has 2 amide bonds. The van der Waals surface area contributed by atoms with Gasteiger partial charge in [-0.05, 0) is 18.6 Å². The number of hydrogen-bond donors (Lipinski definition) is 1. The summed E-state index contributed by atoms with van der Waals surface area (Å²) in [7, 11) is 0. The molecule has 94 valence electrons. The van der Waals surface area contributed by atoms with Gasteiger partial charge in [-0.3, -0.25) is 14.5 Å². The van der Waals surface area contributed by atoms with Crippen LogP contribution in [0.15, 0.2) is 24.3 Å². The molecule has 1 fully saturated rings. The number of benzene rings is 1. The second-order valence-corrected chi connectivity index (χ2v) is 5.66. The van der Waals surface area contributed by atoms with Gasteiger partial charge < -0.3 is 5.32 Å². The second-order valence-electron chi connectivity index (χ2n) is 3.92. The van der Waals surface area contributed by atoms with Gasteiger partial charge >= 0.3 is 0 Å². The number of aryl methyl sites for hydroxylation is 1. The second kappa shape index (κ2) is 5.07. The van der Waals surface area contributed by atoms with Crippen molar-refractivity contribution in [2.45, 2.75) is 19.2 Å². The Morgan fingerprint density at radius 3 is 2.72 bits per heavy atom. The Kier molecular flexibility index (Phi) is 3.68. The first-order chi connectivity index (χ1) is 8.50. The number of carbonyl (C=O) groups is 2. The zero-order valence-electron chi connectivity index (χ0n) is 9.97. The highest BCUT2D eigenvalue weighted by molar-refractivity contribution is 8.25. The van der Waals surface area contributed by atoms with E-state index in [-0.39, 0.29) is 11.8 Å². The van der Waals surface area contributed by atoms with Crippen LogP contribution in [0.2, 0.25) is 0 Å². The largest absolute Gasteiger partial charge is 0.336 e. The van der Waals surface area contributed by atoms with Gasteiger partial charge in [0.15, 0.2) is 5.37 Å². The van der Waals surface area contributed by atoms with Crippen molar-refractivity contribution in [1.29, 1.82) is 0 Å². The van der Waals surface area contributed by atoms with Crippen LogP contribution in [0.1, 0.15) is 12.5 Å². The molecule has 6 heteroatoms. The van der Waals surface area contributed by atoms with E-state index in [4.69, 9.17) is 12.2 Å². The lowest BCUT2D eigenvalue weighted by molar-refractivity contribution is -0.123. The summed E-state index contributed by atoms with van der Waals surface area (Å²) in [4.78, 5) is 24.7. The summed E-state index contributed by atoms with van der Waals surface area (Å²) in [5.74, 6) is -0.440. The van der Waals surface area contributed by atoms with Crippen molar-refractivity contribution < 1.29 is 9.59 Å². The minimum atomic E-state index is -0.616. The molecule has 0 radical (unpaired) electrons. The maximum absolute atomic E-state index is 12.2. The van der Waals surface area contributed by atoms with Crippen molar-refractivity contribution in [3.8, 4) is 0 Å². The van der Waals surface area contributed by atoms with Gasteiger partial charge in [-0.2, -0.15) is 0 Å². The van der Waals surface area contributed by atoms with Crippen LogP contribution in [0, 0.1) is 6.92 Å². The fraction of sp³-hybridized carbons (Fsp3) is 0.250. The molecule has 1 aromatic rings. The number of thioether (sulfide) groups is 1. The topological polar surface area (TPSA) is 49.4 Å². The summed E-state index contributed by atoms with van der Waals surface area (Å²) in [6.45, 7) is 3.30. The third-order valence-corrected chi connectivity index (χ3v) is 3.95. The molecule has 1 N–H and O–H groups in total. The maximum Gasteiger partial charge on any atom is 0.266 e. The highest BCUT2D eigenvalue weighted by Gasteiger charge is 2.38. The van der Waals surface area contributed by atoms with Crippen molar-refractivity contribution in [3.05, 3.63) is 29.8 Å². The first-order valence-electron chi connectivity index (χ1n) is 5.38. The van der Waals surface area contributed by atoms with Crippen molar-refractivity contribution >= 4 is 45.8 Å². The Morgan fingerprint density at radius 1 is 1.44 bits per heavy atom. The van der Waals surface area contributed by atoms with Gasteiger partial charge in [0.1, 0.15) is 4.32 Å². The van der Waals surface area contributed by atoms with Crippen LogP contribution < -0.4 is 10.2 Å². The molecule has 0 saturated carbocycles. The van der Waals surface area contributed by atoms with Gasteiger partial charge in [0.25, 0.3) is 5.91 Å². The molecule has 1 aromatic carbocycles. The van der Waals surface area contributed by atoms with E-state index in [2.05, 4.69) is 5.32 Å². The van der Waals surface area contributed by atoms with Crippen molar-refractivity contribution in [1.82, 2.24) is 5.32 Å². The third kappa shape index (κ3) is 2.39. The van der Waals surface area contributed by atoms with E-state index < -0.39 is 5.37 Å². The van der Waals surface area contributed by atoms with Crippen LogP contribution in [0.25, 0.3) is 0 Å². The average molecular weight is 280 g/mol. The molecule has 4 nitrogen and oxygen atoms in total. The first-order valence-corrected chi connectivity index (χ1v) is 6.67. The molecular formula is C12H12N2O2S2. The third-order valence-electron chi connectivity index (χ3n) is 2.54. The number of amides is 2. The Bertz CT molecular complexity index is 531. The standard InChI is InChI=1S/C12H12N2O2S2/c1-7-5-3-4-6-9(7)14-11(16)10(13-8(2)15)18-12(14)17/h3-6,10H,1-2H3,(H,13,15). The van der Waals surface area contributed by atoms with E-state index >= 15 is 0 Å². The van der Waals surface area contributed by atoms with E-state index in [1.165, 1.54) is 23.6 Å². The Labute approximate surface area is 115 Å². The fourth-order valence-corrected chi connectivity index (χ4v) is 3.12. The average Bonchev–Trinajstić information content (AvgIpc) is 2.55. The molecule has 1 aliphatic rings. The van der Waals surface area contributed by atoms with E-state index in [9.17, 15) is 9.59 Å². The lowest BCUT2D eigenvalue weighted by Gasteiger charge is -2.17. The van der Waals surface area contributed by atoms with Gasteiger partial charge in [0.2, 0.25) is 5.91 Å². The first kappa shape index (κ1) is 13.0. The highest BCUT2D eigenvalue weighted by atomic mass is 32.2. The summed E-state index contributed by atoms with van der Waals surface area (Å²) >= 11 is 6.40. The number of rotatable bonds is 2. The molecule has 1 unspecified atom stereocenters. The van der Waals surface area contributed by atoms with Crippen molar-refractivity contribution in [2.75, 3.05) is 4.90 Å². The monoisotopic (exact) mass is 280 g/mol. The van der Waals surface area contributed by atoms with E-state index in [0.717, 1.165) is 11.3 Å². The van der Waals surface area contributed by atoms with Crippen molar-refractivity contribution in [3.63, 3.8) is 0 Å². The molecule has 2 rings (SSSR count). The maximum atomic E-state index is 12.2. The van der Waals surface area contributed by atoms with E-state index in [1.54, 1.807) is 0 Å². The molecule has 0 spiro atoms. The Morgan fingerprint density at radius 2 is 2.11 bits per heavy atom. The molecule has 1 atom stereocenters. The molecule has 1 heterocycles. The molecular weight excluding hydrogens is 268 g/mol. The fourth-order valence-electron chi connectivity index (χ4n) is 1.72. The quantitative estimate of drug-likeness (QED) is 0.840. The molecule has 1 saturated heterocycles. The van der Waals surface area contributed by atoms with E-state index in [0.29, 0.717) is 4.32 Å². The summed E-state index contributed by atoms with van der Waals surface area (Å²) in [5, 5.41) is 1.97. The Hall–Kier alpha value is -1.40. The smallest absolute Gasteiger partial charge is 0.266 e. The molecule has 0 aromatic heterocycles. The number of para-hydroxylation sites is 1. The summed E-state index contributed by atoms with van der Waals surface area (Å²) in [5.41, 5.74) is 1.74. The molecule has 18 heavy (non-hydrogen) atoms. The number of anilines is 1. The predicted molar refractivity (Wildman–Crippen MR) is 76.5 cm³/mol. The van der Waals surface area contributed by atoms with Crippen LogP contribution in [-0.4, -0.2) is 21.5 Å². The van der Waals surface area contributed by atoms with Gasteiger partial charge in [-0.25, -0.2) is 0 Å². The summed E-state index contributed by atoms with van der Waals surface area (Å²) in [6.07, 6.45) is 0. The van der Waals surface area contributed by atoms with Gasteiger partial charge in [0.05, 0.1) is 5.69 Å². The van der Waals surface area contributed by atoms with Crippen LogP contribution in [0.4, 0.5) is 5.69 Å². The number of thiocarbonyl (C=S) groups is 1. The minimum Gasteiger partial charge on any atom is -0.336 e. The minimum absolute atomic E-state index is 0.200. The number of nitrogens with zero attached hydrogens (tertiary/aromatic N) is 1. The van der Waals surface area contributed by atoms with Crippen LogP contribution in [-0.2, 0) is 9.59 Å². The number of hydrogen-bond acceptors (Lipinski definition) is 4. The van der Waals surface area contributed by atoms with Crippen LogP contribution in [0.3, 0.4) is 0 Å². The highest BCUT2D eigenvalue weighted by Crippen LogP contribution is 2.32. The summed E-state index contributed by atoms with van der Waals surface area (Å²) in [6, 6.07) is 7.52. The molecule has 0 bridgehead atoms. The lowest BCUT2D eigenvalue weighted by atomic mass is 10.2. The zero-order chi connectivity index (χ0) is 13.3. The van der Waals surface area contributed by atoms with Gasteiger partial charge in [0, 0.05) is 6.92 Å². The van der Waals surface area contributed by atoms with Gasteiger partial charge in [-0.15, -0.1) is 0 Å². The normalized spacial score (nSPS) is 19.2. The van der Waals surface area contributed by atoms with Gasteiger partial charge in [-0.1, -0.05) is 42.2 Å². The zero-order valence-corrected chi connectivity index (χ0v) is 11.6. The number of carbonyl (C=O) groups excluding carboxylic acids is 2. The van der Waals surface area contributed by atoms with Crippen LogP contribution in [0.5, 0.6) is 0 Å². The van der Waals surface area contributed by atoms with Crippen LogP contribution >= 0.6 is 24.0 Å². The van der Waals surface area contributed by atoms with E-state index in [1.807, 2.05) is 31.2 Å². The Balaban J connectivity index is 2.30. The summed E-state index contributed by atoms with van der Waals surface area (Å²) < 4.78 is 0.466. The molecule has 0 aliphatic carbocycles. The lowest BCUT2D eigenvalue weighted by Crippen LogP contribution is -2.40. The SMILES string of the molecule is CC(=O)NC1SC(=S)N(c2ccccc2C)C1=O. The number of nitrogens with one attached hydrogen (secondary N) is 1. The predicted octanol–water partition coefficient (Wildman–Crippen LogP) is 1.82. The molecule has 1 aliphatic heterocycles. The van der Waals surface area contributed by atoms with Crippen molar-refractivity contribution in [2.24, 2.45) is 0 Å².